The molecule has 0 heterocycles. The Hall–Kier alpha value is 0.310. The van der Waals surface area contributed by atoms with E-state index in [0.29, 0.717) is 0 Å². The summed E-state index contributed by atoms with van der Waals surface area (Å²) in [7, 11) is 0. The Morgan fingerprint density at radius 3 is 2.20 bits per heavy atom. The van der Waals surface area contributed by atoms with Gasteiger partial charge in [-0.1, -0.05) is 13.8 Å². The number of carbonyl (C=O) groups is 1. The van der Waals surface area contributed by atoms with Crippen LogP contribution in [0.1, 0.15) is 13.8 Å². The largest absolute Gasteiger partial charge is 0.289 e. The van der Waals surface area contributed by atoms with Gasteiger partial charge < -0.3 is 0 Å². The highest BCUT2D eigenvalue weighted by atomic mass is 127. The molecule has 0 aromatic heterocycles. The summed E-state index contributed by atoms with van der Waals surface area (Å²) in [5.41, 5.74) is 0. The first-order valence-electron chi connectivity index (χ1n) is 2.57. The van der Waals surface area contributed by atoms with Gasteiger partial charge in [0.05, 0.1) is 22.9 Å². The molecule has 4 nitrogen and oxygen atoms in total. The molecule has 60 valence electrons. The fourth-order valence-corrected chi connectivity index (χ4v) is 1.20. The zero-order valence-electron chi connectivity index (χ0n) is 5.57. The molecule has 1 amide bonds. The van der Waals surface area contributed by atoms with E-state index in [4.69, 9.17) is 4.55 Å². The van der Waals surface area contributed by atoms with Crippen LogP contribution in [0.5, 0.6) is 0 Å². The molecule has 10 heavy (non-hydrogen) atoms. The van der Waals surface area contributed by atoms with Crippen LogP contribution >= 0.6 is 22.9 Å². The molecule has 6 heteroatoms. The lowest BCUT2D eigenvalue weighted by Gasteiger charge is -2.10. The minimum Gasteiger partial charge on any atom is -0.289 e. The van der Waals surface area contributed by atoms with Gasteiger partial charge in [-0.2, -0.15) is 2.52 Å². The highest BCUT2D eigenvalue weighted by molar-refractivity contribution is 14.1. The van der Waals surface area contributed by atoms with E-state index in [1.165, 1.54) is 22.9 Å². The number of rotatable bonds is 2. The quantitative estimate of drug-likeness (QED) is 0.464. The lowest BCUT2D eigenvalue weighted by atomic mass is 10.2. The first-order chi connectivity index (χ1) is 4.46. The summed E-state index contributed by atoms with van der Waals surface area (Å²) < 4.78 is 19.4. The third-order valence-corrected chi connectivity index (χ3v) is 2.74. The van der Waals surface area contributed by atoms with E-state index in [9.17, 15) is 9.00 Å². The monoisotopic (exact) mass is 277 g/mol. The number of hydrogen-bond donors (Lipinski definition) is 1. The predicted molar refractivity (Wildman–Crippen MR) is 46.5 cm³/mol. The molecule has 0 saturated heterocycles. The van der Waals surface area contributed by atoms with Crippen molar-refractivity contribution >= 4 is 40.0 Å². The van der Waals surface area contributed by atoms with Crippen LogP contribution in [0.4, 0.5) is 0 Å². The van der Waals surface area contributed by atoms with Crippen molar-refractivity contribution in [3.05, 3.63) is 0 Å². The number of hydrogen-bond acceptors (Lipinski definition) is 2. The third kappa shape index (κ3) is 2.93. The minimum atomic E-state index is -2.19. The van der Waals surface area contributed by atoms with E-state index in [-0.39, 0.29) is 11.8 Å². The van der Waals surface area contributed by atoms with E-state index in [1.54, 1.807) is 13.8 Å². The third-order valence-electron chi connectivity index (χ3n) is 0.804. The van der Waals surface area contributed by atoms with Gasteiger partial charge in [0.2, 0.25) is 5.91 Å². The summed E-state index contributed by atoms with van der Waals surface area (Å²) in [5.74, 6) is -0.588. The van der Waals surface area contributed by atoms with E-state index in [1.807, 2.05) is 0 Å². The van der Waals surface area contributed by atoms with E-state index in [0.717, 1.165) is 2.52 Å². The van der Waals surface area contributed by atoms with Gasteiger partial charge in [0.15, 0.2) is 0 Å². The predicted octanol–water partition coefficient (Wildman–Crippen LogP) is 0.958. The average Bonchev–Trinajstić information content (AvgIpc) is 1.84. The molecule has 0 bridgehead atoms. The van der Waals surface area contributed by atoms with Gasteiger partial charge in [-0.25, -0.2) is 4.21 Å². The maximum Gasteiger partial charge on any atom is 0.273 e. The fraction of sp³-hybridized carbons (Fsp3) is 0.750. The molecule has 0 spiro atoms. The molecule has 1 unspecified atom stereocenters. The minimum absolute atomic E-state index is 0.243. The number of halogens is 1. The Kier molecular flexibility index (Phi) is 4.37. The molecule has 1 N–H and O–H groups in total. The summed E-state index contributed by atoms with van der Waals surface area (Å²) in [5, 5.41) is 0. The molecule has 1 atom stereocenters. The van der Waals surface area contributed by atoms with Crippen LogP contribution in [-0.2, 0) is 16.1 Å². The van der Waals surface area contributed by atoms with Crippen LogP contribution in [-0.4, -0.2) is 17.2 Å². The number of carbonyl (C=O) groups excluding carboxylic acids is 1. The molecule has 0 aliphatic rings. The van der Waals surface area contributed by atoms with Crippen LogP contribution in [0, 0.1) is 5.92 Å². The van der Waals surface area contributed by atoms with E-state index >= 15 is 0 Å². The second-order valence-corrected chi connectivity index (χ2v) is 4.41. The molecule has 0 saturated carbocycles. The van der Waals surface area contributed by atoms with Gasteiger partial charge in [0, 0.05) is 5.92 Å². The topological polar surface area (TPSA) is 57.6 Å². The van der Waals surface area contributed by atoms with Crippen molar-refractivity contribution in [2.45, 2.75) is 13.8 Å². The van der Waals surface area contributed by atoms with Gasteiger partial charge in [-0.05, 0) is 0 Å². The normalized spacial score (nSPS) is 13.3. The summed E-state index contributed by atoms with van der Waals surface area (Å²) in [6.07, 6.45) is 0. The van der Waals surface area contributed by atoms with Gasteiger partial charge in [-0.3, -0.25) is 9.35 Å². The molecule has 0 fully saturated rings. The summed E-state index contributed by atoms with van der Waals surface area (Å²) in [6, 6.07) is 0. The van der Waals surface area contributed by atoms with Gasteiger partial charge in [0.25, 0.3) is 11.3 Å². The summed E-state index contributed by atoms with van der Waals surface area (Å²) in [4.78, 5) is 10.8. The van der Waals surface area contributed by atoms with Crippen molar-refractivity contribution < 1.29 is 13.6 Å². The lowest BCUT2D eigenvalue weighted by molar-refractivity contribution is -0.125. The number of amides is 1. The first-order valence-corrected chi connectivity index (χ1v) is 4.60. The summed E-state index contributed by atoms with van der Waals surface area (Å²) >= 11 is -0.684. The summed E-state index contributed by atoms with van der Waals surface area (Å²) in [6.45, 7) is 3.34. The molecule has 0 aromatic carbocycles. The molecule has 0 rings (SSSR count). The van der Waals surface area contributed by atoms with Crippen molar-refractivity contribution in [1.29, 1.82) is 0 Å². The maximum absolute atomic E-state index is 10.8. The molecular weight excluding hydrogens is 269 g/mol. The van der Waals surface area contributed by atoms with Crippen LogP contribution in [0.25, 0.3) is 0 Å². The van der Waals surface area contributed by atoms with Crippen LogP contribution < -0.4 is 0 Å². The van der Waals surface area contributed by atoms with Crippen molar-refractivity contribution in [1.82, 2.24) is 2.52 Å². The second-order valence-electron chi connectivity index (χ2n) is 1.97. The lowest BCUT2D eigenvalue weighted by Crippen LogP contribution is -2.26. The van der Waals surface area contributed by atoms with Crippen molar-refractivity contribution in [2.75, 3.05) is 0 Å². The van der Waals surface area contributed by atoms with Crippen molar-refractivity contribution in [2.24, 2.45) is 5.92 Å². The maximum atomic E-state index is 10.8. The average molecular weight is 277 g/mol. The van der Waals surface area contributed by atoms with Gasteiger partial charge in [-0.15, -0.1) is 0 Å². The standard InChI is InChI=1S/C4H8INO3S/c1-3(2)4(7)6(5)10(8)9/h3H,1-2H3,(H,8,9). The highest BCUT2D eigenvalue weighted by Crippen LogP contribution is 2.08. The Morgan fingerprint density at radius 2 is 2.10 bits per heavy atom. The zero-order valence-corrected chi connectivity index (χ0v) is 8.55. The van der Waals surface area contributed by atoms with E-state index in [2.05, 4.69) is 0 Å². The molecule has 0 aliphatic heterocycles. The molecule has 0 radical (unpaired) electrons. The SMILES string of the molecule is CC(C)C(=O)N(I)S(=O)O. The highest BCUT2D eigenvalue weighted by Gasteiger charge is 2.18. The smallest absolute Gasteiger partial charge is 0.273 e. The Bertz CT molecular complexity index is 161. The molecular formula is C4H8INO3S. The second kappa shape index (κ2) is 4.24. The molecule has 0 aromatic rings. The number of nitrogens with zero attached hydrogens (tertiary/aromatic N) is 1. The fourth-order valence-electron chi connectivity index (χ4n) is 0.280. The van der Waals surface area contributed by atoms with E-state index < -0.39 is 11.3 Å². The first kappa shape index (κ1) is 10.3. The van der Waals surface area contributed by atoms with Crippen LogP contribution in [0.15, 0.2) is 0 Å². The van der Waals surface area contributed by atoms with Crippen LogP contribution in [0.3, 0.4) is 0 Å². The molecule has 0 aliphatic carbocycles. The van der Waals surface area contributed by atoms with Gasteiger partial charge in [0.1, 0.15) is 0 Å². The van der Waals surface area contributed by atoms with Crippen LogP contribution in [0.2, 0.25) is 0 Å². The van der Waals surface area contributed by atoms with Crippen molar-refractivity contribution in [3.8, 4) is 0 Å². The Balaban J connectivity index is 4.08. The van der Waals surface area contributed by atoms with Gasteiger partial charge >= 0.3 is 0 Å². The van der Waals surface area contributed by atoms with Crippen molar-refractivity contribution in [3.63, 3.8) is 0 Å². The Labute approximate surface area is 75.9 Å². The zero-order chi connectivity index (χ0) is 8.31. The Morgan fingerprint density at radius 1 is 1.70 bits per heavy atom.